The van der Waals surface area contributed by atoms with E-state index >= 15 is 0 Å². The number of para-hydroxylation sites is 1. The van der Waals surface area contributed by atoms with Crippen LogP contribution in [0.3, 0.4) is 0 Å². The fourth-order valence-electron chi connectivity index (χ4n) is 1.75. The SMILES string of the molecule is CCOc1ccccc1C1NCCCO1. The van der Waals surface area contributed by atoms with Crippen LogP contribution < -0.4 is 10.1 Å². The van der Waals surface area contributed by atoms with Crippen LogP contribution in [-0.2, 0) is 4.74 Å². The fourth-order valence-corrected chi connectivity index (χ4v) is 1.75. The summed E-state index contributed by atoms with van der Waals surface area (Å²) in [6.45, 7) is 4.50. The minimum absolute atomic E-state index is 0.0125. The normalized spacial score (nSPS) is 21.3. The monoisotopic (exact) mass is 207 g/mol. The average molecular weight is 207 g/mol. The van der Waals surface area contributed by atoms with E-state index in [1.54, 1.807) is 0 Å². The quantitative estimate of drug-likeness (QED) is 0.823. The van der Waals surface area contributed by atoms with Crippen molar-refractivity contribution in [2.24, 2.45) is 0 Å². The molecule has 0 spiro atoms. The van der Waals surface area contributed by atoms with E-state index in [2.05, 4.69) is 5.32 Å². The molecule has 2 rings (SSSR count). The summed E-state index contributed by atoms with van der Waals surface area (Å²) < 4.78 is 11.2. The molecule has 1 unspecified atom stereocenters. The van der Waals surface area contributed by atoms with Gasteiger partial charge < -0.3 is 9.47 Å². The van der Waals surface area contributed by atoms with Crippen molar-refractivity contribution in [3.63, 3.8) is 0 Å². The average Bonchev–Trinajstić information content (AvgIpc) is 2.31. The summed E-state index contributed by atoms with van der Waals surface area (Å²) in [6.07, 6.45) is 1.06. The number of benzene rings is 1. The summed E-state index contributed by atoms with van der Waals surface area (Å²) in [5, 5.41) is 3.33. The van der Waals surface area contributed by atoms with Crippen molar-refractivity contribution < 1.29 is 9.47 Å². The molecular weight excluding hydrogens is 190 g/mol. The van der Waals surface area contributed by atoms with Gasteiger partial charge in [0.2, 0.25) is 0 Å². The molecule has 0 radical (unpaired) electrons. The Bertz CT molecular complexity index is 308. The molecule has 1 heterocycles. The Morgan fingerprint density at radius 1 is 1.47 bits per heavy atom. The van der Waals surface area contributed by atoms with Crippen LogP contribution in [0.4, 0.5) is 0 Å². The zero-order valence-electron chi connectivity index (χ0n) is 9.03. The van der Waals surface area contributed by atoms with Gasteiger partial charge in [0, 0.05) is 12.1 Å². The molecule has 1 fully saturated rings. The highest BCUT2D eigenvalue weighted by Gasteiger charge is 2.18. The van der Waals surface area contributed by atoms with E-state index in [4.69, 9.17) is 9.47 Å². The van der Waals surface area contributed by atoms with Gasteiger partial charge in [-0.1, -0.05) is 18.2 Å². The van der Waals surface area contributed by atoms with Gasteiger partial charge in [-0.2, -0.15) is 0 Å². The van der Waals surface area contributed by atoms with Gasteiger partial charge in [-0.05, 0) is 19.4 Å². The van der Waals surface area contributed by atoms with E-state index in [1.807, 2.05) is 31.2 Å². The van der Waals surface area contributed by atoms with Crippen LogP contribution in [-0.4, -0.2) is 19.8 Å². The van der Waals surface area contributed by atoms with Crippen molar-refractivity contribution in [1.29, 1.82) is 0 Å². The molecule has 3 nitrogen and oxygen atoms in total. The maximum atomic E-state index is 5.66. The number of rotatable bonds is 3. The van der Waals surface area contributed by atoms with Crippen LogP contribution in [0.2, 0.25) is 0 Å². The summed E-state index contributed by atoms with van der Waals surface area (Å²) in [6, 6.07) is 8.03. The van der Waals surface area contributed by atoms with Crippen molar-refractivity contribution >= 4 is 0 Å². The molecule has 1 atom stereocenters. The maximum Gasteiger partial charge on any atom is 0.137 e. The first-order valence-electron chi connectivity index (χ1n) is 5.48. The molecule has 15 heavy (non-hydrogen) atoms. The van der Waals surface area contributed by atoms with Gasteiger partial charge in [-0.25, -0.2) is 0 Å². The molecule has 0 aromatic heterocycles. The number of hydrogen-bond donors (Lipinski definition) is 1. The Balaban J connectivity index is 2.17. The first-order chi connectivity index (χ1) is 7.42. The van der Waals surface area contributed by atoms with Crippen LogP contribution in [0.5, 0.6) is 5.75 Å². The van der Waals surface area contributed by atoms with Crippen molar-refractivity contribution in [1.82, 2.24) is 5.32 Å². The van der Waals surface area contributed by atoms with Crippen LogP contribution in [0.25, 0.3) is 0 Å². The first kappa shape index (κ1) is 10.5. The lowest BCUT2D eigenvalue weighted by Crippen LogP contribution is -2.31. The molecule has 0 bridgehead atoms. The lowest BCUT2D eigenvalue weighted by atomic mass is 10.1. The van der Waals surface area contributed by atoms with E-state index < -0.39 is 0 Å². The molecular formula is C12H17NO2. The van der Waals surface area contributed by atoms with Gasteiger partial charge in [0.15, 0.2) is 0 Å². The highest BCUT2D eigenvalue weighted by atomic mass is 16.5. The summed E-state index contributed by atoms with van der Waals surface area (Å²) in [5.41, 5.74) is 1.10. The third-order valence-electron chi connectivity index (χ3n) is 2.44. The summed E-state index contributed by atoms with van der Waals surface area (Å²) >= 11 is 0. The zero-order valence-corrected chi connectivity index (χ0v) is 9.03. The fraction of sp³-hybridized carbons (Fsp3) is 0.500. The number of ether oxygens (including phenoxy) is 2. The minimum atomic E-state index is -0.0125. The Morgan fingerprint density at radius 2 is 2.33 bits per heavy atom. The lowest BCUT2D eigenvalue weighted by Gasteiger charge is -2.25. The van der Waals surface area contributed by atoms with Crippen LogP contribution in [0.1, 0.15) is 25.1 Å². The smallest absolute Gasteiger partial charge is 0.137 e. The largest absolute Gasteiger partial charge is 0.493 e. The predicted octanol–water partition coefficient (Wildman–Crippen LogP) is 2.09. The second-order valence-corrected chi connectivity index (χ2v) is 3.53. The molecule has 1 N–H and O–H groups in total. The molecule has 1 aliphatic rings. The zero-order chi connectivity index (χ0) is 10.5. The maximum absolute atomic E-state index is 5.66. The van der Waals surface area contributed by atoms with E-state index in [-0.39, 0.29) is 6.23 Å². The standard InChI is InChI=1S/C12H17NO2/c1-2-14-11-7-4-3-6-10(11)12-13-8-5-9-15-12/h3-4,6-7,12-13H,2,5,8-9H2,1H3. The van der Waals surface area contributed by atoms with Crippen molar-refractivity contribution in [3.8, 4) is 5.75 Å². The topological polar surface area (TPSA) is 30.5 Å². The van der Waals surface area contributed by atoms with Crippen molar-refractivity contribution in [2.45, 2.75) is 19.6 Å². The minimum Gasteiger partial charge on any atom is -0.493 e. The number of hydrogen-bond acceptors (Lipinski definition) is 3. The van der Waals surface area contributed by atoms with Crippen LogP contribution >= 0.6 is 0 Å². The summed E-state index contributed by atoms with van der Waals surface area (Å²) in [5.74, 6) is 0.916. The molecule has 1 saturated heterocycles. The Kier molecular flexibility index (Phi) is 3.59. The summed E-state index contributed by atoms with van der Waals surface area (Å²) in [7, 11) is 0. The lowest BCUT2D eigenvalue weighted by molar-refractivity contribution is -0.00186. The van der Waals surface area contributed by atoms with Gasteiger partial charge >= 0.3 is 0 Å². The molecule has 1 aliphatic heterocycles. The summed E-state index contributed by atoms with van der Waals surface area (Å²) in [4.78, 5) is 0. The predicted molar refractivity (Wildman–Crippen MR) is 58.9 cm³/mol. The van der Waals surface area contributed by atoms with Crippen LogP contribution in [0.15, 0.2) is 24.3 Å². The van der Waals surface area contributed by atoms with Gasteiger partial charge in [0.1, 0.15) is 12.0 Å². The molecule has 1 aromatic rings. The highest BCUT2D eigenvalue weighted by Crippen LogP contribution is 2.27. The van der Waals surface area contributed by atoms with Crippen molar-refractivity contribution in [2.75, 3.05) is 19.8 Å². The molecule has 1 aromatic carbocycles. The van der Waals surface area contributed by atoms with E-state index in [0.717, 1.165) is 30.9 Å². The Labute approximate surface area is 90.4 Å². The third-order valence-corrected chi connectivity index (χ3v) is 2.44. The van der Waals surface area contributed by atoms with Gasteiger partial charge in [-0.15, -0.1) is 0 Å². The van der Waals surface area contributed by atoms with Crippen LogP contribution in [0, 0.1) is 0 Å². The third kappa shape index (κ3) is 2.49. The second kappa shape index (κ2) is 5.14. The van der Waals surface area contributed by atoms with E-state index in [1.165, 1.54) is 0 Å². The van der Waals surface area contributed by atoms with Crippen molar-refractivity contribution in [3.05, 3.63) is 29.8 Å². The van der Waals surface area contributed by atoms with E-state index in [9.17, 15) is 0 Å². The van der Waals surface area contributed by atoms with E-state index in [0.29, 0.717) is 6.61 Å². The van der Waals surface area contributed by atoms with Gasteiger partial charge in [-0.3, -0.25) is 5.32 Å². The molecule has 3 heteroatoms. The Morgan fingerprint density at radius 3 is 3.07 bits per heavy atom. The molecule has 82 valence electrons. The molecule has 0 aliphatic carbocycles. The Hall–Kier alpha value is -1.06. The van der Waals surface area contributed by atoms with Gasteiger partial charge in [0.05, 0.1) is 13.2 Å². The highest BCUT2D eigenvalue weighted by molar-refractivity contribution is 5.35. The second-order valence-electron chi connectivity index (χ2n) is 3.53. The molecule has 0 amide bonds. The number of nitrogens with one attached hydrogen (secondary N) is 1. The molecule has 0 saturated carbocycles. The first-order valence-corrected chi connectivity index (χ1v) is 5.48. The van der Waals surface area contributed by atoms with Gasteiger partial charge in [0.25, 0.3) is 0 Å².